The summed E-state index contributed by atoms with van der Waals surface area (Å²) in [5.74, 6) is 0.797. The minimum Gasteiger partial charge on any atom is -0.495 e. The van der Waals surface area contributed by atoms with Crippen LogP contribution < -0.4 is 15.4 Å². The molecule has 0 saturated carbocycles. The summed E-state index contributed by atoms with van der Waals surface area (Å²) in [7, 11) is 1.59. The molecule has 2 aliphatic heterocycles. The molecule has 2 aromatic rings. The summed E-state index contributed by atoms with van der Waals surface area (Å²) in [4.78, 5) is 20.7. The van der Waals surface area contributed by atoms with Crippen molar-refractivity contribution >= 4 is 23.7 Å². The number of amides is 1. The van der Waals surface area contributed by atoms with Crippen LogP contribution in [0.4, 0.5) is 14.9 Å². The van der Waals surface area contributed by atoms with Gasteiger partial charge in [-0.2, -0.15) is 0 Å². The van der Waals surface area contributed by atoms with E-state index < -0.39 is 11.6 Å². The Labute approximate surface area is 198 Å². The molecule has 4 rings (SSSR count). The number of carbonyl (C=O) groups is 1. The summed E-state index contributed by atoms with van der Waals surface area (Å²) in [6.07, 6.45) is 7.14. The number of rotatable bonds is 7. The van der Waals surface area contributed by atoms with E-state index in [2.05, 4.69) is 11.6 Å². The number of benzene rings is 2. The van der Waals surface area contributed by atoms with Crippen LogP contribution in [0.25, 0.3) is 6.08 Å². The van der Waals surface area contributed by atoms with Crippen molar-refractivity contribution in [3.63, 3.8) is 0 Å². The Morgan fingerprint density at radius 3 is 2.74 bits per heavy atom. The van der Waals surface area contributed by atoms with Crippen LogP contribution in [0.15, 0.2) is 78.2 Å². The van der Waals surface area contributed by atoms with Crippen molar-refractivity contribution in [2.24, 2.45) is 10.7 Å². The number of aliphatic imine (C=N–C) groups is 1. The molecular weight excluding hydrogens is 435 g/mol. The molecule has 1 saturated heterocycles. The number of ether oxygens (including phenoxy) is 2. The first-order valence-electron chi connectivity index (χ1n) is 10.9. The highest BCUT2D eigenvalue weighted by Gasteiger charge is 2.50. The molecule has 34 heavy (non-hydrogen) atoms. The largest absolute Gasteiger partial charge is 0.495 e. The zero-order valence-electron chi connectivity index (χ0n) is 19.2. The number of nitrogens with two attached hydrogens (primary N) is 1. The maximum absolute atomic E-state index is 13.5. The topological polar surface area (TPSA) is 80.4 Å². The lowest BCUT2D eigenvalue weighted by atomic mass is 9.85. The summed E-state index contributed by atoms with van der Waals surface area (Å²) in [5, 5.41) is 0. The lowest BCUT2D eigenvalue weighted by molar-refractivity contribution is 0.0405. The van der Waals surface area contributed by atoms with Crippen LogP contribution in [0, 0.1) is 5.82 Å². The van der Waals surface area contributed by atoms with Crippen molar-refractivity contribution in [3.8, 4) is 5.75 Å². The molecule has 1 atom stereocenters. The smallest absolute Gasteiger partial charge is 0.416 e. The zero-order valence-corrected chi connectivity index (χ0v) is 19.2. The second kappa shape index (κ2) is 9.43. The van der Waals surface area contributed by atoms with E-state index in [-0.39, 0.29) is 12.4 Å². The van der Waals surface area contributed by atoms with Gasteiger partial charge in [-0.3, -0.25) is 4.99 Å². The van der Waals surface area contributed by atoms with E-state index in [1.54, 1.807) is 54.4 Å². The molecule has 7 nitrogen and oxygen atoms in total. The van der Waals surface area contributed by atoms with Crippen LogP contribution in [0.5, 0.6) is 5.75 Å². The van der Waals surface area contributed by atoms with Gasteiger partial charge >= 0.3 is 6.09 Å². The van der Waals surface area contributed by atoms with Gasteiger partial charge in [-0.05, 0) is 48.4 Å². The van der Waals surface area contributed by atoms with Gasteiger partial charge in [-0.25, -0.2) is 14.1 Å². The summed E-state index contributed by atoms with van der Waals surface area (Å²) in [5.41, 5.74) is 8.23. The van der Waals surface area contributed by atoms with Crippen molar-refractivity contribution in [1.29, 1.82) is 0 Å². The molecule has 0 radical (unpaired) electrons. The van der Waals surface area contributed by atoms with Crippen molar-refractivity contribution in [3.05, 3.63) is 90.2 Å². The normalized spacial score (nSPS) is 20.1. The number of methoxy groups -OCH3 is 1. The van der Waals surface area contributed by atoms with E-state index >= 15 is 0 Å². The van der Waals surface area contributed by atoms with Gasteiger partial charge in [0.15, 0.2) is 0 Å². The number of anilines is 1. The molecule has 176 valence electrons. The summed E-state index contributed by atoms with van der Waals surface area (Å²) in [6.45, 7) is 6.29. The minimum atomic E-state index is -0.679. The Hall–Kier alpha value is -4.07. The van der Waals surface area contributed by atoms with Crippen LogP contribution in [0.2, 0.25) is 0 Å². The SMILES string of the molecule is C=CN(/C=C(/C)N)c1ccc(/C=C/C2=NCC3(c4ccc(F)cc4)CCOC(=O)N23)cc1OC. The second-order valence-electron chi connectivity index (χ2n) is 8.14. The lowest BCUT2D eigenvalue weighted by Crippen LogP contribution is -2.54. The van der Waals surface area contributed by atoms with Crippen molar-refractivity contribution in [1.82, 2.24) is 4.90 Å². The zero-order chi connectivity index (χ0) is 24.3. The number of halogens is 1. The Balaban J connectivity index is 1.62. The van der Waals surface area contributed by atoms with Gasteiger partial charge in [0.2, 0.25) is 0 Å². The van der Waals surface area contributed by atoms with Gasteiger partial charge in [0.25, 0.3) is 0 Å². The monoisotopic (exact) mass is 462 g/mol. The molecular formula is C26H27FN4O3. The number of cyclic esters (lactones) is 1. The molecule has 0 aromatic heterocycles. The van der Waals surface area contributed by atoms with Crippen LogP contribution in [0.3, 0.4) is 0 Å². The number of allylic oxidation sites excluding steroid dienone is 1. The third-order valence-corrected chi connectivity index (χ3v) is 5.91. The average Bonchev–Trinajstić information content (AvgIpc) is 3.22. The van der Waals surface area contributed by atoms with Gasteiger partial charge in [0.05, 0.1) is 25.9 Å². The van der Waals surface area contributed by atoms with E-state index in [4.69, 9.17) is 15.2 Å². The number of amidine groups is 1. The van der Waals surface area contributed by atoms with E-state index in [9.17, 15) is 9.18 Å². The molecule has 8 heteroatoms. The van der Waals surface area contributed by atoms with Crippen LogP contribution in [-0.4, -0.2) is 37.1 Å². The fraction of sp³-hybridized carbons (Fsp3) is 0.231. The van der Waals surface area contributed by atoms with Gasteiger partial charge in [0.1, 0.15) is 22.9 Å². The standard InChI is InChI=1S/C26H27FN4O3/c1-4-30(16-18(2)28)22-11-5-19(15-23(22)33-3)6-12-24-29-17-26(13-14-34-25(32)31(24)26)20-7-9-21(27)10-8-20/h4-12,15-16H,1,13-14,17,28H2,2-3H3/b12-6+,18-16-. The van der Waals surface area contributed by atoms with Crippen LogP contribution >= 0.6 is 0 Å². The van der Waals surface area contributed by atoms with Gasteiger partial charge in [-0.1, -0.05) is 30.9 Å². The lowest BCUT2D eigenvalue weighted by Gasteiger charge is -2.41. The van der Waals surface area contributed by atoms with Crippen LogP contribution in [0.1, 0.15) is 24.5 Å². The third-order valence-electron chi connectivity index (χ3n) is 5.91. The Bertz CT molecular complexity index is 1190. The highest BCUT2D eigenvalue weighted by atomic mass is 19.1. The molecule has 1 fully saturated rings. The molecule has 2 heterocycles. The second-order valence-corrected chi connectivity index (χ2v) is 8.14. The predicted molar refractivity (Wildman–Crippen MR) is 131 cm³/mol. The Kier molecular flexibility index (Phi) is 6.40. The summed E-state index contributed by atoms with van der Waals surface area (Å²) in [6, 6.07) is 11.9. The average molecular weight is 463 g/mol. The Morgan fingerprint density at radius 2 is 2.06 bits per heavy atom. The quantitative estimate of drug-likeness (QED) is 0.641. The molecule has 0 bridgehead atoms. The molecule has 2 N–H and O–H groups in total. The number of nitrogens with zero attached hydrogens (tertiary/aromatic N) is 3. The fourth-order valence-electron chi connectivity index (χ4n) is 4.28. The number of hydrogen-bond acceptors (Lipinski definition) is 6. The first-order chi connectivity index (χ1) is 16.4. The van der Waals surface area contributed by atoms with Crippen molar-refractivity contribution < 1.29 is 18.7 Å². The molecule has 2 aliphatic rings. The predicted octanol–water partition coefficient (Wildman–Crippen LogP) is 4.77. The minimum absolute atomic E-state index is 0.286. The highest BCUT2D eigenvalue weighted by Crippen LogP contribution is 2.40. The fourth-order valence-corrected chi connectivity index (χ4v) is 4.28. The molecule has 2 aromatic carbocycles. The number of hydrogen-bond donors (Lipinski definition) is 1. The summed E-state index contributed by atoms with van der Waals surface area (Å²) >= 11 is 0. The number of carbonyl (C=O) groups excluding carboxylic acids is 1. The third kappa shape index (κ3) is 4.26. The first kappa shape index (κ1) is 23.1. The molecule has 1 unspecified atom stereocenters. The Morgan fingerprint density at radius 1 is 1.29 bits per heavy atom. The highest BCUT2D eigenvalue weighted by molar-refractivity contribution is 6.07. The van der Waals surface area contributed by atoms with Crippen LogP contribution in [-0.2, 0) is 10.3 Å². The van der Waals surface area contributed by atoms with E-state index in [0.717, 1.165) is 16.8 Å². The van der Waals surface area contributed by atoms with Gasteiger partial charge < -0.3 is 20.1 Å². The van der Waals surface area contributed by atoms with Gasteiger partial charge in [0, 0.05) is 24.5 Å². The molecule has 1 amide bonds. The maximum Gasteiger partial charge on any atom is 0.416 e. The number of fused-ring (bicyclic) bond motifs is 1. The van der Waals surface area contributed by atoms with E-state index in [1.807, 2.05) is 24.3 Å². The summed E-state index contributed by atoms with van der Waals surface area (Å²) < 4.78 is 24.4. The molecule has 0 spiro atoms. The first-order valence-corrected chi connectivity index (χ1v) is 10.9. The maximum atomic E-state index is 13.5. The van der Waals surface area contributed by atoms with E-state index in [0.29, 0.717) is 30.2 Å². The van der Waals surface area contributed by atoms with Crippen molar-refractivity contribution in [2.75, 3.05) is 25.2 Å². The van der Waals surface area contributed by atoms with Crippen molar-refractivity contribution in [2.45, 2.75) is 18.9 Å². The molecule has 0 aliphatic carbocycles. The van der Waals surface area contributed by atoms with E-state index in [1.165, 1.54) is 12.1 Å². The van der Waals surface area contributed by atoms with Gasteiger partial charge in [-0.15, -0.1) is 0 Å².